The molecule has 0 aliphatic rings. The number of hydrogen-bond donors (Lipinski definition) is 2. The topological polar surface area (TPSA) is 110 Å². The average molecular weight is 293 g/mol. The zero-order chi connectivity index (χ0) is 15.6. The second kappa shape index (κ2) is 5.65. The van der Waals surface area contributed by atoms with E-state index in [1.54, 1.807) is 6.92 Å². The predicted octanol–water partition coefficient (Wildman–Crippen LogP) is 0.769. The van der Waals surface area contributed by atoms with Crippen LogP contribution in [0.1, 0.15) is 12.7 Å². The zero-order valence-corrected chi connectivity index (χ0v) is 11.2. The molecule has 2 aromatic rings. The van der Waals surface area contributed by atoms with E-state index in [2.05, 4.69) is 20.8 Å². The number of carbonyl (C=O) groups excluding carboxylic acids is 1. The van der Waals surface area contributed by atoms with E-state index in [9.17, 15) is 14.0 Å². The minimum atomic E-state index is -1.24. The summed E-state index contributed by atoms with van der Waals surface area (Å²) in [5.41, 5.74) is 0.303. The molecule has 0 spiro atoms. The number of nitrogens with zero attached hydrogens (tertiary/aromatic N) is 4. The van der Waals surface area contributed by atoms with Gasteiger partial charge in [-0.3, -0.25) is 9.59 Å². The molecule has 1 unspecified atom stereocenters. The lowest BCUT2D eigenvalue weighted by Crippen LogP contribution is -2.26. The number of aliphatic carboxylic acids is 1. The molecular weight excluding hydrogens is 281 g/mol. The van der Waals surface area contributed by atoms with E-state index in [0.717, 1.165) is 6.07 Å². The molecule has 1 atom stereocenters. The molecule has 1 aromatic heterocycles. The van der Waals surface area contributed by atoms with Gasteiger partial charge in [0.05, 0.1) is 0 Å². The molecule has 0 saturated heterocycles. The summed E-state index contributed by atoms with van der Waals surface area (Å²) in [6, 6.07) is 3.79. The van der Waals surface area contributed by atoms with Gasteiger partial charge in [-0.1, -0.05) is 0 Å². The summed E-state index contributed by atoms with van der Waals surface area (Å²) in [6.07, 6.45) is 0. The van der Waals surface area contributed by atoms with Gasteiger partial charge in [-0.15, -0.1) is 5.10 Å². The van der Waals surface area contributed by atoms with Gasteiger partial charge in [0.15, 0.2) is 5.82 Å². The number of nitrogens with one attached hydrogen (secondary N) is 1. The van der Waals surface area contributed by atoms with Crippen molar-refractivity contribution in [3.05, 3.63) is 29.8 Å². The van der Waals surface area contributed by atoms with Gasteiger partial charge in [-0.05, 0) is 42.5 Å². The molecule has 9 heteroatoms. The van der Waals surface area contributed by atoms with Crippen molar-refractivity contribution in [3.8, 4) is 5.69 Å². The first-order valence-electron chi connectivity index (χ1n) is 5.98. The SMILES string of the molecule is Cc1nnnn1-c1cc(NC(=O)C(C)C(=O)O)ccc1F. The molecule has 2 rings (SSSR count). The number of carboxylic acid groups (broad SMARTS) is 1. The fraction of sp³-hybridized carbons (Fsp3) is 0.250. The third-order valence-electron chi connectivity index (χ3n) is 2.83. The van der Waals surface area contributed by atoms with Crippen LogP contribution in [0.25, 0.3) is 5.69 Å². The number of halogens is 1. The molecular formula is C12H12FN5O3. The van der Waals surface area contributed by atoms with Crippen molar-refractivity contribution in [2.75, 3.05) is 5.32 Å². The summed E-state index contributed by atoms with van der Waals surface area (Å²) in [4.78, 5) is 22.4. The van der Waals surface area contributed by atoms with E-state index >= 15 is 0 Å². The molecule has 1 amide bonds. The Morgan fingerprint density at radius 1 is 1.43 bits per heavy atom. The van der Waals surface area contributed by atoms with Crippen LogP contribution in [0.2, 0.25) is 0 Å². The van der Waals surface area contributed by atoms with Crippen molar-refractivity contribution in [1.29, 1.82) is 0 Å². The average Bonchev–Trinajstić information content (AvgIpc) is 2.86. The zero-order valence-electron chi connectivity index (χ0n) is 11.2. The maximum absolute atomic E-state index is 13.8. The highest BCUT2D eigenvalue weighted by atomic mass is 19.1. The Kier molecular flexibility index (Phi) is 3.92. The third kappa shape index (κ3) is 3.02. The molecule has 8 nitrogen and oxygen atoms in total. The van der Waals surface area contributed by atoms with Gasteiger partial charge in [0.25, 0.3) is 0 Å². The Labute approximate surface area is 118 Å². The van der Waals surface area contributed by atoms with Crippen LogP contribution < -0.4 is 5.32 Å². The van der Waals surface area contributed by atoms with E-state index in [-0.39, 0.29) is 11.4 Å². The largest absolute Gasteiger partial charge is 0.481 e. The van der Waals surface area contributed by atoms with Crippen LogP contribution in [0.15, 0.2) is 18.2 Å². The molecule has 2 N–H and O–H groups in total. The first-order valence-corrected chi connectivity index (χ1v) is 5.98. The Bertz CT molecular complexity index is 700. The van der Waals surface area contributed by atoms with E-state index in [1.807, 2.05) is 0 Å². The second-order valence-corrected chi connectivity index (χ2v) is 4.35. The fourth-order valence-electron chi connectivity index (χ4n) is 1.57. The summed E-state index contributed by atoms with van der Waals surface area (Å²) < 4.78 is 15.0. The maximum Gasteiger partial charge on any atom is 0.315 e. The Hall–Kier alpha value is -2.84. The fourth-order valence-corrected chi connectivity index (χ4v) is 1.57. The monoisotopic (exact) mass is 293 g/mol. The van der Waals surface area contributed by atoms with Crippen LogP contribution in [-0.4, -0.2) is 37.2 Å². The Morgan fingerprint density at radius 3 is 2.71 bits per heavy atom. The highest BCUT2D eigenvalue weighted by molar-refractivity contribution is 6.03. The first kappa shape index (κ1) is 14.6. The number of aryl methyl sites for hydroxylation is 1. The quantitative estimate of drug-likeness (QED) is 0.806. The van der Waals surface area contributed by atoms with E-state index in [1.165, 1.54) is 23.7 Å². The van der Waals surface area contributed by atoms with Gasteiger partial charge in [0.1, 0.15) is 17.4 Å². The normalized spacial score (nSPS) is 12.0. The summed E-state index contributed by atoms with van der Waals surface area (Å²) in [7, 11) is 0. The highest BCUT2D eigenvalue weighted by Gasteiger charge is 2.21. The lowest BCUT2D eigenvalue weighted by Gasteiger charge is -2.10. The van der Waals surface area contributed by atoms with Crippen molar-refractivity contribution in [3.63, 3.8) is 0 Å². The molecule has 21 heavy (non-hydrogen) atoms. The summed E-state index contributed by atoms with van der Waals surface area (Å²) in [5, 5.41) is 21.9. The minimum Gasteiger partial charge on any atom is -0.481 e. The number of anilines is 1. The summed E-state index contributed by atoms with van der Waals surface area (Å²) in [6.45, 7) is 2.85. The van der Waals surface area contributed by atoms with E-state index < -0.39 is 23.6 Å². The lowest BCUT2D eigenvalue weighted by molar-refractivity contribution is -0.144. The van der Waals surface area contributed by atoms with Crippen LogP contribution in [0.4, 0.5) is 10.1 Å². The first-order chi connectivity index (χ1) is 9.90. The molecule has 0 fully saturated rings. The molecule has 0 radical (unpaired) electrons. The standard InChI is InChI=1S/C12H12FN5O3/c1-6(12(20)21)11(19)14-8-3-4-9(13)10(5-8)18-7(2)15-16-17-18/h3-6H,1-2H3,(H,14,19)(H,20,21). The summed E-state index contributed by atoms with van der Waals surface area (Å²) >= 11 is 0. The molecule has 1 heterocycles. The van der Waals surface area contributed by atoms with Gasteiger partial charge in [-0.2, -0.15) is 4.68 Å². The molecule has 0 aliphatic carbocycles. The molecule has 0 bridgehead atoms. The number of tetrazole rings is 1. The van der Waals surface area contributed by atoms with E-state index in [4.69, 9.17) is 5.11 Å². The maximum atomic E-state index is 13.8. The molecule has 0 aliphatic heterocycles. The predicted molar refractivity (Wildman–Crippen MR) is 69.3 cm³/mol. The highest BCUT2D eigenvalue weighted by Crippen LogP contribution is 2.19. The van der Waals surface area contributed by atoms with Gasteiger partial charge in [-0.25, -0.2) is 4.39 Å². The third-order valence-corrected chi connectivity index (χ3v) is 2.83. The molecule has 1 aromatic carbocycles. The number of amides is 1. The molecule has 110 valence electrons. The van der Waals surface area contributed by atoms with Crippen LogP contribution in [0.3, 0.4) is 0 Å². The molecule has 0 saturated carbocycles. The number of carbonyl (C=O) groups is 2. The van der Waals surface area contributed by atoms with Crippen LogP contribution >= 0.6 is 0 Å². The van der Waals surface area contributed by atoms with Crippen molar-refractivity contribution < 1.29 is 19.1 Å². The van der Waals surface area contributed by atoms with Crippen molar-refractivity contribution in [2.45, 2.75) is 13.8 Å². The van der Waals surface area contributed by atoms with Gasteiger partial charge < -0.3 is 10.4 Å². The van der Waals surface area contributed by atoms with Gasteiger partial charge in [0.2, 0.25) is 5.91 Å². The lowest BCUT2D eigenvalue weighted by atomic mass is 10.1. The number of carboxylic acids is 1. The van der Waals surface area contributed by atoms with Crippen molar-refractivity contribution in [2.24, 2.45) is 5.92 Å². The van der Waals surface area contributed by atoms with Crippen LogP contribution in [0.5, 0.6) is 0 Å². The number of benzene rings is 1. The smallest absolute Gasteiger partial charge is 0.315 e. The van der Waals surface area contributed by atoms with Gasteiger partial charge in [0, 0.05) is 5.69 Å². The minimum absolute atomic E-state index is 0.0540. The van der Waals surface area contributed by atoms with Crippen molar-refractivity contribution in [1.82, 2.24) is 20.2 Å². The number of rotatable bonds is 4. The Balaban J connectivity index is 2.30. The second-order valence-electron chi connectivity index (χ2n) is 4.35. The van der Waals surface area contributed by atoms with Gasteiger partial charge >= 0.3 is 5.97 Å². The van der Waals surface area contributed by atoms with E-state index in [0.29, 0.717) is 5.82 Å². The van der Waals surface area contributed by atoms with Crippen LogP contribution in [-0.2, 0) is 9.59 Å². The summed E-state index contributed by atoms with van der Waals surface area (Å²) in [5.74, 6) is -3.36. The Morgan fingerprint density at radius 2 is 2.14 bits per heavy atom. The number of aromatic nitrogens is 4. The van der Waals surface area contributed by atoms with Crippen LogP contribution in [0, 0.1) is 18.7 Å². The number of hydrogen-bond acceptors (Lipinski definition) is 5. The van der Waals surface area contributed by atoms with Crippen molar-refractivity contribution >= 4 is 17.6 Å².